The lowest BCUT2D eigenvalue weighted by Crippen LogP contribution is -2.56. The highest BCUT2D eigenvalue weighted by atomic mass is 35.5. The summed E-state index contributed by atoms with van der Waals surface area (Å²) in [6.07, 6.45) is -4.37. The Kier molecular flexibility index (Phi) is 8.95. The smallest absolute Gasteiger partial charge is 0.379 e. The number of nitrogens with zero attached hydrogens (tertiary/aromatic N) is 3. The molecule has 2 saturated heterocycles. The largest absolute Gasteiger partial charge is 0.390 e. The van der Waals surface area contributed by atoms with Gasteiger partial charge in [0.1, 0.15) is 5.82 Å². The molecular weight excluding hydrogens is 550 g/mol. The second-order valence-electron chi connectivity index (χ2n) is 9.03. The Morgan fingerprint density at radius 1 is 1.08 bits per heavy atom. The maximum atomic E-state index is 13.3. The first-order valence-electron chi connectivity index (χ1n) is 12.0. The van der Waals surface area contributed by atoms with Crippen LogP contribution in [0.4, 0.5) is 28.9 Å². The molecule has 1 unspecified atom stereocenters. The van der Waals surface area contributed by atoms with E-state index in [9.17, 15) is 26.0 Å². The standard InChI is InChI=1S/C24H28ClF4N5O3S/c25-21-14-22(31-19-3-1-18(26)2-4-19)17(15-30)13-20(21)23-16-34(8-7-32(23)6-5-24(27,28)29)38(35,36)33-9-11-37-12-10-33/h1-4,13-15,23,30-31H,5-12,16H2. The summed E-state index contributed by atoms with van der Waals surface area (Å²) in [5.74, 6) is -0.413. The van der Waals surface area contributed by atoms with Crippen molar-refractivity contribution in [1.82, 2.24) is 13.5 Å². The van der Waals surface area contributed by atoms with Gasteiger partial charge in [-0.2, -0.15) is 30.2 Å². The molecule has 2 heterocycles. The van der Waals surface area contributed by atoms with E-state index in [0.717, 1.165) is 6.21 Å². The van der Waals surface area contributed by atoms with Crippen LogP contribution in [0.1, 0.15) is 23.6 Å². The first kappa shape index (κ1) is 28.7. The highest BCUT2D eigenvalue weighted by Crippen LogP contribution is 2.37. The molecule has 4 rings (SSSR count). The van der Waals surface area contributed by atoms with E-state index < -0.39 is 34.7 Å². The molecule has 0 saturated carbocycles. The van der Waals surface area contributed by atoms with Gasteiger partial charge < -0.3 is 15.5 Å². The molecule has 0 radical (unpaired) electrons. The van der Waals surface area contributed by atoms with Crippen LogP contribution in [0, 0.1) is 11.2 Å². The van der Waals surface area contributed by atoms with Crippen LogP contribution < -0.4 is 5.32 Å². The summed E-state index contributed by atoms with van der Waals surface area (Å²) in [7, 11) is -3.87. The predicted octanol–water partition coefficient (Wildman–Crippen LogP) is 4.41. The van der Waals surface area contributed by atoms with Crippen LogP contribution in [-0.4, -0.2) is 86.8 Å². The molecule has 208 valence electrons. The van der Waals surface area contributed by atoms with Crippen molar-refractivity contribution < 1.29 is 30.7 Å². The molecule has 0 amide bonds. The number of piperazine rings is 1. The molecule has 0 aromatic heterocycles. The second-order valence-corrected chi connectivity index (χ2v) is 11.4. The van der Waals surface area contributed by atoms with E-state index in [1.54, 1.807) is 11.0 Å². The van der Waals surface area contributed by atoms with E-state index >= 15 is 0 Å². The maximum absolute atomic E-state index is 13.3. The van der Waals surface area contributed by atoms with Gasteiger partial charge in [-0.1, -0.05) is 11.6 Å². The third-order valence-electron chi connectivity index (χ3n) is 6.57. The predicted molar refractivity (Wildman–Crippen MR) is 137 cm³/mol. The number of rotatable bonds is 8. The highest BCUT2D eigenvalue weighted by molar-refractivity contribution is 7.86. The fraction of sp³-hybridized carbons (Fsp3) is 0.458. The van der Waals surface area contributed by atoms with Crippen LogP contribution in [0.25, 0.3) is 0 Å². The van der Waals surface area contributed by atoms with Crippen LogP contribution in [-0.2, 0) is 14.9 Å². The number of benzene rings is 2. The third kappa shape index (κ3) is 6.82. The van der Waals surface area contributed by atoms with Crippen molar-refractivity contribution in [2.24, 2.45) is 0 Å². The van der Waals surface area contributed by atoms with Gasteiger partial charge in [-0.3, -0.25) is 4.90 Å². The molecule has 2 aromatic carbocycles. The zero-order valence-electron chi connectivity index (χ0n) is 20.3. The van der Waals surface area contributed by atoms with Gasteiger partial charge in [0, 0.05) is 67.4 Å². The molecule has 0 spiro atoms. The zero-order valence-corrected chi connectivity index (χ0v) is 21.9. The maximum Gasteiger partial charge on any atom is 0.390 e. The molecular formula is C24H28ClF4N5O3S. The van der Waals surface area contributed by atoms with Gasteiger partial charge in [-0.15, -0.1) is 0 Å². The van der Waals surface area contributed by atoms with Crippen molar-refractivity contribution >= 4 is 39.4 Å². The lowest BCUT2D eigenvalue weighted by atomic mass is 9.99. The van der Waals surface area contributed by atoms with Gasteiger partial charge in [0.15, 0.2) is 0 Å². The molecule has 2 aliphatic rings. The summed E-state index contributed by atoms with van der Waals surface area (Å²) < 4.78 is 87.1. The van der Waals surface area contributed by atoms with Crippen molar-refractivity contribution in [3.05, 3.63) is 58.4 Å². The van der Waals surface area contributed by atoms with Crippen molar-refractivity contribution in [2.45, 2.75) is 18.6 Å². The average Bonchev–Trinajstić information content (AvgIpc) is 2.89. The average molecular weight is 578 g/mol. The molecule has 38 heavy (non-hydrogen) atoms. The molecule has 2 aliphatic heterocycles. The first-order chi connectivity index (χ1) is 18.0. The number of anilines is 2. The minimum absolute atomic E-state index is 0.0350. The first-order valence-corrected chi connectivity index (χ1v) is 13.8. The van der Waals surface area contributed by atoms with Gasteiger partial charge in [-0.05, 0) is 42.0 Å². The normalized spacial score (nSPS) is 20.4. The molecule has 1 atom stereocenters. The number of morpholine rings is 1. The Morgan fingerprint density at radius 2 is 1.76 bits per heavy atom. The molecule has 2 aromatic rings. The van der Waals surface area contributed by atoms with Crippen molar-refractivity contribution in [3.8, 4) is 0 Å². The third-order valence-corrected chi connectivity index (χ3v) is 8.89. The molecule has 0 bridgehead atoms. The fourth-order valence-corrected chi connectivity index (χ4v) is 6.43. The lowest BCUT2D eigenvalue weighted by molar-refractivity contribution is -0.140. The van der Waals surface area contributed by atoms with Crippen LogP contribution in [0.3, 0.4) is 0 Å². The van der Waals surface area contributed by atoms with Crippen LogP contribution in [0.15, 0.2) is 36.4 Å². The Balaban J connectivity index is 1.65. The van der Waals surface area contributed by atoms with Gasteiger partial charge in [0.05, 0.1) is 25.7 Å². The second kappa shape index (κ2) is 11.8. The number of hydrogen-bond acceptors (Lipinski definition) is 6. The van der Waals surface area contributed by atoms with Crippen LogP contribution in [0.2, 0.25) is 5.02 Å². The Labute approximate surface area is 223 Å². The lowest BCUT2D eigenvalue weighted by Gasteiger charge is -2.43. The summed E-state index contributed by atoms with van der Waals surface area (Å²) in [4.78, 5) is 1.58. The molecule has 14 heteroatoms. The van der Waals surface area contributed by atoms with E-state index in [-0.39, 0.29) is 57.5 Å². The van der Waals surface area contributed by atoms with Gasteiger partial charge in [0.25, 0.3) is 10.2 Å². The van der Waals surface area contributed by atoms with E-state index in [1.807, 2.05) is 0 Å². The number of nitrogens with one attached hydrogen (secondary N) is 2. The van der Waals surface area contributed by atoms with E-state index in [4.69, 9.17) is 21.7 Å². The van der Waals surface area contributed by atoms with E-state index in [0.29, 0.717) is 22.5 Å². The number of alkyl halides is 3. The van der Waals surface area contributed by atoms with Gasteiger partial charge in [0.2, 0.25) is 0 Å². The molecule has 2 N–H and O–H groups in total. The minimum atomic E-state index is -4.38. The van der Waals surface area contributed by atoms with Crippen molar-refractivity contribution in [2.75, 3.05) is 57.8 Å². The van der Waals surface area contributed by atoms with Gasteiger partial charge >= 0.3 is 6.18 Å². The fourth-order valence-electron chi connectivity index (χ4n) is 4.56. The Hall–Kier alpha value is -2.29. The van der Waals surface area contributed by atoms with Crippen LogP contribution in [0.5, 0.6) is 0 Å². The summed E-state index contributed by atoms with van der Waals surface area (Å²) in [6.45, 7) is 0.623. The SMILES string of the molecule is N=Cc1cc(C2CN(S(=O)(=O)N3CCOCC3)CCN2CCC(F)(F)F)c(Cl)cc1Nc1ccc(F)cc1. The van der Waals surface area contributed by atoms with E-state index in [1.165, 1.54) is 38.9 Å². The molecule has 0 aliphatic carbocycles. The zero-order chi connectivity index (χ0) is 27.5. The minimum Gasteiger partial charge on any atom is -0.379 e. The van der Waals surface area contributed by atoms with Gasteiger partial charge in [-0.25, -0.2) is 4.39 Å². The Morgan fingerprint density at radius 3 is 2.39 bits per heavy atom. The molecule has 2 fully saturated rings. The van der Waals surface area contributed by atoms with Crippen molar-refractivity contribution in [3.63, 3.8) is 0 Å². The summed E-state index contributed by atoms with van der Waals surface area (Å²) >= 11 is 6.63. The highest BCUT2D eigenvalue weighted by Gasteiger charge is 2.40. The summed E-state index contributed by atoms with van der Waals surface area (Å²) in [6, 6.07) is 7.92. The van der Waals surface area contributed by atoms with Crippen molar-refractivity contribution in [1.29, 1.82) is 5.41 Å². The topological polar surface area (TPSA) is 89.0 Å². The van der Waals surface area contributed by atoms with E-state index in [2.05, 4.69) is 5.32 Å². The quantitative estimate of drug-likeness (QED) is 0.358. The molecule has 8 nitrogen and oxygen atoms in total. The Bertz CT molecular complexity index is 1240. The number of ether oxygens (including phenoxy) is 1. The summed E-state index contributed by atoms with van der Waals surface area (Å²) in [5, 5.41) is 11.2. The monoisotopic (exact) mass is 577 g/mol. The number of halogens is 5. The summed E-state index contributed by atoms with van der Waals surface area (Å²) in [5.41, 5.74) is 1.79. The van der Waals surface area contributed by atoms with Crippen LogP contribution >= 0.6 is 11.6 Å². The number of hydrogen-bond donors (Lipinski definition) is 2.